The van der Waals surface area contributed by atoms with Gasteiger partial charge in [-0.15, -0.1) is 0 Å². The zero-order valence-electron chi connectivity index (χ0n) is 17.5. The molecule has 2 heterocycles. The van der Waals surface area contributed by atoms with Crippen LogP contribution in [0, 0.1) is 6.92 Å². The number of carbonyl (C=O) groups is 1. The Hall–Kier alpha value is -3.56. The summed E-state index contributed by atoms with van der Waals surface area (Å²) in [5.74, 6) is 0.469. The van der Waals surface area contributed by atoms with Gasteiger partial charge in [0.05, 0.1) is 17.9 Å². The van der Waals surface area contributed by atoms with Crippen molar-refractivity contribution in [3.8, 4) is 17.3 Å². The van der Waals surface area contributed by atoms with Gasteiger partial charge in [-0.1, -0.05) is 6.07 Å². The summed E-state index contributed by atoms with van der Waals surface area (Å²) in [4.78, 5) is 14.7. The van der Waals surface area contributed by atoms with Crippen LogP contribution in [-0.2, 0) is 24.0 Å². The fourth-order valence-corrected chi connectivity index (χ4v) is 2.97. The number of nitrogens with zero attached hydrogens (tertiary/aromatic N) is 3. The van der Waals surface area contributed by atoms with E-state index in [1.165, 1.54) is 10.7 Å². The quantitative estimate of drug-likeness (QED) is 0.514. The fourth-order valence-electron chi connectivity index (χ4n) is 2.97. The predicted octanol–water partition coefficient (Wildman–Crippen LogP) is 4.59. The third-order valence-corrected chi connectivity index (χ3v) is 4.65. The number of aromatic nitrogens is 3. The molecule has 32 heavy (non-hydrogen) atoms. The molecule has 0 saturated carbocycles. The van der Waals surface area contributed by atoms with Crippen LogP contribution in [-0.4, -0.2) is 32.4 Å². The summed E-state index contributed by atoms with van der Waals surface area (Å²) in [6, 6.07) is 7.42. The first-order valence-electron chi connectivity index (χ1n) is 9.86. The summed E-state index contributed by atoms with van der Waals surface area (Å²) in [5.41, 5.74) is 1.33. The van der Waals surface area contributed by atoms with E-state index in [4.69, 9.17) is 14.6 Å². The zero-order valence-corrected chi connectivity index (χ0v) is 17.5. The van der Waals surface area contributed by atoms with Gasteiger partial charge < -0.3 is 14.6 Å². The van der Waals surface area contributed by atoms with Gasteiger partial charge >= 0.3 is 12.1 Å². The number of aliphatic carboxylic acids is 1. The van der Waals surface area contributed by atoms with Crippen LogP contribution in [0.15, 0.2) is 42.7 Å². The van der Waals surface area contributed by atoms with E-state index < -0.39 is 17.7 Å². The van der Waals surface area contributed by atoms with Crippen molar-refractivity contribution < 1.29 is 32.5 Å². The van der Waals surface area contributed by atoms with E-state index >= 15 is 0 Å². The Morgan fingerprint density at radius 2 is 1.94 bits per heavy atom. The molecule has 0 aliphatic rings. The number of hydrogen-bond donors (Lipinski definition) is 1. The van der Waals surface area contributed by atoms with Crippen LogP contribution < -0.4 is 9.47 Å². The van der Waals surface area contributed by atoms with Gasteiger partial charge in [-0.3, -0.25) is 4.79 Å². The second kappa shape index (κ2) is 9.71. The molecule has 0 unspecified atom stereocenters. The molecule has 0 bridgehead atoms. The highest BCUT2D eigenvalue weighted by molar-refractivity contribution is 5.67. The van der Waals surface area contributed by atoms with Crippen molar-refractivity contribution in [2.75, 3.05) is 6.61 Å². The van der Waals surface area contributed by atoms with E-state index in [1.54, 1.807) is 31.3 Å². The van der Waals surface area contributed by atoms with E-state index in [0.29, 0.717) is 30.2 Å². The summed E-state index contributed by atoms with van der Waals surface area (Å²) in [6.07, 6.45) is -1.69. The van der Waals surface area contributed by atoms with Gasteiger partial charge in [0.2, 0.25) is 0 Å². The average molecular weight is 449 g/mol. The minimum atomic E-state index is -4.45. The third-order valence-electron chi connectivity index (χ3n) is 4.65. The van der Waals surface area contributed by atoms with E-state index in [1.807, 2.05) is 6.92 Å². The topological polar surface area (TPSA) is 86.5 Å². The van der Waals surface area contributed by atoms with Gasteiger partial charge in [0.1, 0.15) is 18.1 Å². The lowest BCUT2D eigenvalue weighted by Crippen LogP contribution is -2.07. The van der Waals surface area contributed by atoms with Crippen molar-refractivity contribution >= 4 is 5.97 Å². The molecule has 1 aromatic carbocycles. The summed E-state index contributed by atoms with van der Waals surface area (Å²) >= 11 is 0. The third kappa shape index (κ3) is 5.77. The highest BCUT2D eigenvalue weighted by Crippen LogP contribution is 2.29. The Morgan fingerprint density at radius 1 is 1.16 bits per heavy atom. The predicted molar refractivity (Wildman–Crippen MR) is 109 cm³/mol. The molecule has 1 N–H and O–H groups in total. The average Bonchev–Trinajstić information content (AvgIpc) is 3.11. The Labute approximate surface area is 182 Å². The van der Waals surface area contributed by atoms with Crippen molar-refractivity contribution in [1.82, 2.24) is 14.8 Å². The minimum absolute atomic E-state index is 0.00333. The standard InChI is InChI=1S/C22H22F3N3O4/c1-3-31-19-10-18(7-4-15(19)5-9-21(29)30)32-13-16-12-28(27-14(16)2)20-8-6-17(11-26-20)22(23,24)25/h4,6-8,10-12H,3,5,9,13H2,1-2H3,(H,29,30). The molecule has 0 aliphatic heterocycles. The number of carboxylic acid groups (broad SMARTS) is 1. The first-order valence-corrected chi connectivity index (χ1v) is 9.86. The molecule has 0 fully saturated rings. The number of alkyl halides is 3. The van der Waals surface area contributed by atoms with Crippen LogP contribution in [0.5, 0.6) is 11.5 Å². The molecule has 0 spiro atoms. The summed E-state index contributed by atoms with van der Waals surface area (Å²) in [7, 11) is 0. The largest absolute Gasteiger partial charge is 0.493 e. The number of ether oxygens (including phenoxy) is 2. The lowest BCUT2D eigenvalue weighted by molar-refractivity contribution is -0.138. The molecule has 3 rings (SSSR count). The highest BCUT2D eigenvalue weighted by atomic mass is 19.4. The lowest BCUT2D eigenvalue weighted by atomic mass is 10.1. The SMILES string of the molecule is CCOc1cc(OCc2cn(-c3ccc(C(F)(F)F)cn3)nc2C)ccc1CCC(=O)O. The van der Waals surface area contributed by atoms with Crippen LogP contribution in [0.2, 0.25) is 0 Å². The molecule has 10 heteroatoms. The maximum Gasteiger partial charge on any atom is 0.417 e. The number of aryl methyl sites for hydroxylation is 2. The van der Waals surface area contributed by atoms with Gasteiger partial charge in [-0.05, 0) is 44.0 Å². The molecule has 0 amide bonds. The molecule has 0 saturated heterocycles. The van der Waals surface area contributed by atoms with Crippen molar-refractivity contribution in [3.63, 3.8) is 0 Å². The number of hydrogen-bond acceptors (Lipinski definition) is 5. The number of rotatable bonds is 9. The molecule has 2 aromatic heterocycles. The molecule has 170 valence electrons. The molecule has 7 nitrogen and oxygen atoms in total. The molecule has 0 radical (unpaired) electrons. The maximum absolute atomic E-state index is 12.7. The van der Waals surface area contributed by atoms with Crippen LogP contribution in [0.4, 0.5) is 13.2 Å². The van der Waals surface area contributed by atoms with Crippen molar-refractivity contribution in [1.29, 1.82) is 0 Å². The molecule has 0 aliphatic carbocycles. The summed E-state index contributed by atoms with van der Waals surface area (Å²) in [6.45, 7) is 4.20. The summed E-state index contributed by atoms with van der Waals surface area (Å²) < 4.78 is 51.0. The second-order valence-corrected chi connectivity index (χ2v) is 6.97. The number of benzene rings is 1. The van der Waals surface area contributed by atoms with E-state index in [2.05, 4.69) is 10.1 Å². The molecular weight excluding hydrogens is 427 g/mol. The number of halogens is 3. The van der Waals surface area contributed by atoms with Gasteiger partial charge in [-0.25, -0.2) is 9.67 Å². The maximum atomic E-state index is 12.7. The minimum Gasteiger partial charge on any atom is -0.493 e. The first kappa shape index (κ1) is 23.1. The van der Waals surface area contributed by atoms with E-state index in [9.17, 15) is 18.0 Å². The Bertz CT molecular complexity index is 1080. The van der Waals surface area contributed by atoms with Crippen LogP contribution in [0.25, 0.3) is 5.82 Å². The van der Waals surface area contributed by atoms with Crippen LogP contribution in [0.1, 0.15) is 35.7 Å². The van der Waals surface area contributed by atoms with Crippen LogP contribution in [0.3, 0.4) is 0 Å². The normalized spacial score (nSPS) is 11.4. The number of carboxylic acids is 1. The molecular formula is C22H22F3N3O4. The highest BCUT2D eigenvalue weighted by Gasteiger charge is 2.30. The molecule has 3 aromatic rings. The lowest BCUT2D eigenvalue weighted by Gasteiger charge is -2.12. The Kier molecular flexibility index (Phi) is 7.01. The van der Waals surface area contributed by atoms with Crippen LogP contribution >= 0.6 is 0 Å². The van der Waals surface area contributed by atoms with Gasteiger partial charge in [-0.2, -0.15) is 18.3 Å². The van der Waals surface area contributed by atoms with Crippen molar-refractivity contribution in [3.05, 3.63) is 65.1 Å². The molecule has 0 atom stereocenters. The smallest absolute Gasteiger partial charge is 0.417 e. The van der Waals surface area contributed by atoms with Crippen molar-refractivity contribution in [2.45, 2.75) is 39.5 Å². The van der Waals surface area contributed by atoms with Gasteiger partial charge in [0.15, 0.2) is 5.82 Å². The van der Waals surface area contributed by atoms with E-state index in [0.717, 1.165) is 23.4 Å². The zero-order chi connectivity index (χ0) is 23.3. The monoisotopic (exact) mass is 449 g/mol. The number of pyridine rings is 1. The van der Waals surface area contributed by atoms with Gasteiger partial charge in [0.25, 0.3) is 0 Å². The van der Waals surface area contributed by atoms with Crippen molar-refractivity contribution in [2.24, 2.45) is 0 Å². The Balaban J connectivity index is 1.71. The summed E-state index contributed by atoms with van der Waals surface area (Å²) in [5, 5.41) is 13.2. The Morgan fingerprint density at radius 3 is 2.56 bits per heavy atom. The first-order chi connectivity index (χ1) is 15.2. The van der Waals surface area contributed by atoms with Gasteiger partial charge in [0, 0.05) is 30.4 Å². The fraction of sp³-hybridized carbons (Fsp3) is 0.318. The van der Waals surface area contributed by atoms with E-state index in [-0.39, 0.29) is 18.8 Å². The second-order valence-electron chi connectivity index (χ2n) is 6.97.